The van der Waals surface area contributed by atoms with Crippen LogP contribution in [0.25, 0.3) is 0 Å². The summed E-state index contributed by atoms with van der Waals surface area (Å²) in [6.07, 6.45) is 45.5. The molecule has 0 aliphatic carbocycles. The van der Waals surface area contributed by atoms with Gasteiger partial charge in [0.2, 0.25) is 0 Å². The van der Waals surface area contributed by atoms with Crippen LogP contribution in [0.15, 0.2) is 12.2 Å². The average molecular weight is 605 g/mol. The Balaban J connectivity index is 3.54. The number of allylic oxidation sites excluding steroid dienone is 2. The Labute approximate surface area is 269 Å². The Bertz CT molecular complexity index is 611. The summed E-state index contributed by atoms with van der Waals surface area (Å²) < 4.78 is 0. The van der Waals surface area contributed by atoms with Crippen molar-refractivity contribution in [2.24, 2.45) is 5.92 Å². The molecule has 1 atom stereocenters. The van der Waals surface area contributed by atoms with Gasteiger partial charge in [-0.25, -0.2) is 0 Å². The maximum absolute atomic E-state index is 12.5. The third-order valence-corrected chi connectivity index (χ3v) is 9.22. The molecule has 1 N–H and O–H groups in total. The molecule has 0 aliphatic heterocycles. The average Bonchev–Trinajstić information content (AvgIpc) is 3.00. The zero-order valence-electron chi connectivity index (χ0n) is 29.3. The molecule has 0 saturated carbocycles. The van der Waals surface area contributed by atoms with E-state index in [0.717, 1.165) is 38.5 Å². The Morgan fingerprint density at radius 3 is 1.09 bits per heavy atom. The van der Waals surface area contributed by atoms with Gasteiger partial charge in [0.25, 0.3) is 0 Å². The summed E-state index contributed by atoms with van der Waals surface area (Å²) in [6, 6.07) is 0. The minimum absolute atomic E-state index is 0.0444. The van der Waals surface area contributed by atoms with E-state index in [2.05, 4.69) is 26.0 Å². The third-order valence-electron chi connectivity index (χ3n) is 9.22. The lowest BCUT2D eigenvalue weighted by atomic mass is 9.93. The minimum Gasteiger partial charge on any atom is -0.481 e. The van der Waals surface area contributed by atoms with Crippen molar-refractivity contribution in [3.63, 3.8) is 0 Å². The summed E-state index contributed by atoms with van der Waals surface area (Å²) in [5, 5.41) is 9.59. The Hall–Kier alpha value is -1.12. The molecule has 0 fully saturated rings. The molecule has 0 aromatic heterocycles. The third kappa shape index (κ3) is 32.1. The predicted octanol–water partition coefficient (Wildman–Crippen LogP) is 13.7. The number of hydrogen-bond donors (Lipinski definition) is 1. The fraction of sp³-hybridized carbons (Fsp3) is 0.900. The van der Waals surface area contributed by atoms with Crippen LogP contribution in [0, 0.1) is 5.92 Å². The number of carbonyl (C=O) groups excluding carboxylic acids is 1. The number of rotatable bonds is 36. The highest BCUT2D eigenvalue weighted by molar-refractivity contribution is 5.98. The Kier molecular flexibility index (Phi) is 34.4. The molecule has 0 spiro atoms. The first-order valence-electron chi connectivity index (χ1n) is 19.5. The fourth-order valence-corrected chi connectivity index (χ4v) is 6.22. The number of carbonyl (C=O) groups is 2. The van der Waals surface area contributed by atoms with Crippen molar-refractivity contribution >= 4 is 11.8 Å². The van der Waals surface area contributed by atoms with Crippen LogP contribution in [0.2, 0.25) is 0 Å². The molecule has 0 radical (unpaired) electrons. The molecular weight excluding hydrogens is 528 g/mol. The van der Waals surface area contributed by atoms with Crippen molar-refractivity contribution < 1.29 is 14.7 Å². The van der Waals surface area contributed by atoms with Gasteiger partial charge in [-0.1, -0.05) is 193 Å². The Morgan fingerprint density at radius 1 is 0.442 bits per heavy atom. The highest BCUT2D eigenvalue weighted by Gasteiger charge is 2.24. The number of hydrogen-bond acceptors (Lipinski definition) is 2. The monoisotopic (exact) mass is 605 g/mol. The summed E-state index contributed by atoms with van der Waals surface area (Å²) in [5.74, 6) is -1.74. The van der Waals surface area contributed by atoms with E-state index in [1.165, 1.54) is 161 Å². The molecule has 0 heterocycles. The van der Waals surface area contributed by atoms with Crippen molar-refractivity contribution in [2.75, 3.05) is 0 Å². The van der Waals surface area contributed by atoms with Crippen LogP contribution in [0.5, 0.6) is 0 Å². The number of ketones is 1. The van der Waals surface area contributed by atoms with Crippen molar-refractivity contribution in [1.82, 2.24) is 0 Å². The van der Waals surface area contributed by atoms with Crippen molar-refractivity contribution in [3.8, 4) is 0 Å². The van der Waals surface area contributed by atoms with Crippen LogP contribution in [-0.4, -0.2) is 16.9 Å². The topological polar surface area (TPSA) is 54.4 Å². The Morgan fingerprint density at radius 2 is 0.744 bits per heavy atom. The van der Waals surface area contributed by atoms with E-state index in [4.69, 9.17) is 0 Å². The first kappa shape index (κ1) is 41.9. The van der Waals surface area contributed by atoms with Crippen LogP contribution in [0.4, 0.5) is 0 Å². The van der Waals surface area contributed by atoms with Gasteiger partial charge < -0.3 is 5.11 Å². The van der Waals surface area contributed by atoms with Gasteiger partial charge in [0.15, 0.2) is 0 Å². The first-order valence-corrected chi connectivity index (χ1v) is 19.5. The van der Waals surface area contributed by atoms with E-state index in [-0.39, 0.29) is 5.78 Å². The highest BCUT2D eigenvalue weighted by Crippen LogP contribution is 2.19. The quantitative estimate of drug-likeness (QED) is 0.0439. The van der Waals surface area contributed by atoms with Crippen LogP contribution in [0.3, 0.4) is 0 Å². The summed E-state index contributed by atoms with van der Waals surface area (Å²) in [4.78, 5) is 24.2. The maximum Gasteiger partial charge on any atom is 0.314 e. The maximum atomic E-state index is 12.5. The number of carboxylic acid groups (broad SMARTS) is 1. The van der Waals surface area contributed by atoms with E-state index in [9.17, 15) is 14.7 Å². The van der Waals surface area contributed by atoms with Crippen molar-refractivity contribution in [1.29, 1.82) is 0 Å². The molecule has 0 aromatic rings. The van der Waals surface area contributed by atoms with E-state index in [0.29, 0.717) is 12.8 Å². The van der Waals surface area contributed by atoms with Crippen LogP contribution in [0.1, 0.15) is 226 Å². The molecule has 43 heavy (non-hydrogen) atoms. The largest absolute Gasteiger partial charge is 0.481 e. The van der Waals surface area contributed by atoms with E-state index < -0.39 is 11.9 Å². The molecule has 3 nitrogen and oxygen atoms in total. The van der Waals surface area contributed by atoms with Crippen molar-refractivity contribution in [2.45, 2.75) is 226 Å². The molecule has 3 heteroatoms. The molecule has 0 amide bonds. The smallest absolute Gasteiger partial charge is 0.314 e. The van der Waals surface area contributed by atoms with Crippen molar-refractivity contribution in [3.05, 3.63) is 12.2 Å². The normalized spacial score (nSPS) is 12.3. The molecular formula is C40H76O3. The number of carboxylic acids is 1. The van der Waals surface area contributed by atoms with Gasteiger partial charge in [0.05, 0.1) is 0 Å². The minimum atomic E-state index is -0.912. The van der Waals surface area contributed by atoms with Gasteiger partial charge in [-0.05, 0) is 38.5 Å². The fourth-order valence-electron chi connectivity index (χ4n) is 6.22. The molecule has 0 aromatic carbocycles. The predicted molar refractivity (Wildman–Crippen MR) is 189 cm³/mol. The summed E-state index contributed by atoms with van der Waals surface area (Å²) in [5.41, 5.74) is 0. The lowest BCUT2D eigenvalue weighted by Gasteiger charge is -2.11. The van der Waals surface area contributed by atoms with Gasteiger partial charge in [-0.15, -0.1) is 0 Å². The van der Waals surface area contributed by atoms with Gasteiger partial charge in [-0.2, -0.15) is 0 Å². The van der Waals surface area contributed by atoms with Gasteiger partial charge in [0.1, 0.15) is 11.7 Å². The molecule has 0 aliphatic rings. The lowest BCUT2D eigenvalue weighted by molar-refractivity contribution is -0.146. The lowest BCUT2D eigenvalue weighted by Crippen LogP contribution is -2.23. The van der Waals surface area contributed by atoms with Gasteiger partial charge >= 0.3 is 5.97 Å². The second-order valence-electron chi connectivity index (χ2n) is 13.5. The second kappa shape index (κ2) is 35.4. The van der Waals surface area contributed by atoms with Crippen LogP contribution >= 0.6 is 0 Å². The van der Waals surface area contributed by atoms with E-state index in [1.54, 1.807) is 0 Å². The first-order chi connectivity index (χ1) is 21.1. The summed E-state index contributed by atoms with van der Waals surface area (Å²) in [6.45, 7) is 4.55. The molecule has 0 bridgehead atoms. The standard InChI is InChI=1S/C40H76O3/c1-3-5-7-9-11-13-15-17-19-20-21-23-24-26-28-30-32-34-36-38(40(42)43)39(41)37-35-33-31-29-27-25-22-18-16-14-12-10-8-6-4-2/h18,22,38H,3-17,19-21,23-37H2,1-2H3,(H,42,43)/b22-18-. The number of unbranched alkanes of at least 4 members (excludes halogenated alkanes) is 28. The van der Waals surface area contributed by atoms with Crippen LogP contribution in [-0.2, 0) is 9.59 Å². The summed E-state index contributed by atoms with van der Waals surface area (Å²) in [7, 11) is 0. The number of Topliss-reactive ketones (excluding diaryl/α,β-unsaturated/α-hetero) is 1. The SMILES string of the molecule is CCCCCCCC/C=C\CCCCCCCC(=O)C(CCCCCCCCCCCCCCCCCCCC)C(=O)O. The molecule has 254 valence electrons. The molecule has 1 unspecified atom stereocenters. The van der Waals surface area contributed by atoms with E-state index >= 15 is 0 Å². The summed E-state index contributed by atoms with van der Waals surface area (Å²) >= 11 is 0. The van der Waals surface area contributed by atoms with Gasteiger partial charge in [-0.3, -0.25) is 9.59 Å². The number of aliphatic carboxylic acids is 1. The zero-order chi connectivity index (χ0) is 31.5. The molecule has 0 saturated heterocycles. The highest BCUT2D eigenvalue weighted by atomic mass is 16.4. The second-order valence-corrected chi connectivity index (χ2v) is 13.5. The van der Waals surface area contributed by atoms with Gasteiger partial charge in [0, 0.05) is 6.42 Å². The van der Waals surface area contributed by atoms with Crippen LogP contribution < -0.4 is 0 Å². The zero-order valence-corrected chi connectivity index (χ0v) is 29.3. The molecule has 0 rings (SSSR count). The van der Waals surface area contributed by atoms with E-state index in [1.807, 2.05) is 0 Å².